The van der Waals surface area contributed by atoms with Gasteiger partial charge >= 0.3 is 29.8 Å². The Morgan fingerprint density at radius 1 is 0.639 bits per heavy atom. The number of esters is 5. The van der Waals surface area contributed by atoms with Crippen LogP contribution in [0.15, 0.2) is 34.4 Å². The monoisotopic (exact) mass is 510 g/mol. The molecule has 0 bridgehead atoms. The number of carbonyl (C=O) groups is 5. The first-order chi connectivity index (χ1) is 17.1. The average molecular weight is 511 g/mol. The van der Waals surface area contributed by atoms with Crippen LogP contribution in [-0.2, 0) is 47.7 Å². The van der Waals surface area contributed by atoms with E-state index in [0.29, 0.717) is 12.8 Å². The third-order valence-corrected chi connectivity index (χ3v) is 5.50. The fourth-order valence-corrected chi connectivity index (χ4v) is 3.42. The van der Waals surface area contributed by atoms with Crippen LogP contribution in [0.4, 0.5) is 0 Å². The quantitative estimate of drug-likeness (QED) is 0.140. The van der Waals surface area contributed by atoms with E-state index in [4.69, 9.17) is 18.9 Å². The summed E-state index contributed by atoms with van der Waals surface area (Å²) in [5.74, 6) is -3.91. The van der Waals surface area contributed by atoms with Gasteiger partial charge in [0.05, 0.1) is 46.7 Å². The van der Waals surface area contributed by atoms with Crippen LogP contribution in [0.25, 0.3) is 0 Å². The van der Waals surface area contributed by atoms with Gasteiger partial charge in [-0.25, -0.2) is 19.2 Å². The molecule has 202 valence electrons. The van der Waals surface area contributed by atoms with Crippen molar-refractivity contribution in [2.45, 2.75) is 58.8 Å². The SMILES string of the molecule is CCC/C=C/C(C(=O)OC)=C(\CC(CC)C/C(C(=O)OC)=C(\CCC(=O)OC)C(=O)OC)C(=O)OC. The Kier molecular flexibility index (Phi) is 16.2. The minimum Gasteiger partial charge on any atom is -0.469 e. The minimum absolute atomic E-state index is 0.0163. The Labute approximate surface area is 212 Å². The second kappa shape index (κ2) is 17.9. The van der Waals surface area contributed by atoms with Crippen molar-refractivity contribution in [3.05, 3.63) is 34.4 Å². The van der Waals surface area contributed by atoms with Crippen molar-refractivity contribution in [1.82, 2.24) is 0 Å². The summed E-state index contributed by atoms with van der Waals surface area (Å²) in [6, 6.07) is 0. The predicted molar refractivity (Wildman–Crippen MR) is 130 cm³/mol. The highest BCUT2D eigenvalue weighted by molar-refractivity contribution is 6.03. The summed E-state index contributed by atoms with van der Waals surface area (Å²) in [6.45, 7) is 3.81. The van der Waals surface area contributed by atoms with Gasteiger partial charge in [0, 0.05) is 17.6 Å². The van der Waals surface area contributed by atoms with Gasteiger partial charge in [0.1, 0.15) is 0 Å². The van der Waals surface area contributed by atoms with Crippen LogP contribution >= 0.6 is 0 Å². The van der Waals surface area contributed by atoms with Crippen LogP contribution in [0.5, 0.6) is 0 Å². The van der Waals surface area contributed by atoms with E-state index in [-0.39, 0.29) is 53.9 Å². The first-order valence-electron chi connectivity index (χ1n) is 11.7. The van der Waals surface area contributed by atoms with Gasteiger partial charge in [0.2, 0.25) is 0 Å². The molecule has 0 aromatic rings. The highest BCUT2D eigenvalue weighted by atomic mass is 16.5. The number of rotatable bonds is 15. The van der Waals surface area contributed by atoms with Crippen LogP contribution in [0.3, 0.4) is 0 Å². The fraction of sp³-hybridized carbons (Fsp3) is 0.577. The van der Waals surface area contributed by atoms with E-state index in [1.807, 2.05) is 13.8 Å². The molecule has 0 aliphatic rings. The first kappa shape index (κ1) is 32.6. The van der Waals surface area contributed by atoms with E-state index in [0.717, 1.165) is 13.5 Å². The van der Waals surface area contributed by atoms with Gasteiger partial charge in [0.15, 0.2) is 0 Å². The molecule has 0 heterocycles. The van der Waals surface area contributed by atoms with E-state index >= 15 is 0 Å². The second-order valence-corrected chi connectivity index (χ2v) is 7.77. The van der Waals surface area contributed by atoms with Crippen molar-refractivity contribution in [2.75, 3.05) is 35.5 Å². The van der Waals surface area contributed by atoms with Gasteiger partial charge in [-0.2, -0.15) is 0 Å². The van der Waals surface area contributed by atoms with E-state index in [2.05, 4.69) is 4.74 Å². The molecule has 0 rings (SSSR count). The van der Waals surface area contributed by atoms with Crippen LogP contribution in [0.2, 0.25) is 0 Å². The van der Waals surface area contributed by atoms with Crippen molar-refractivity contribution in [3.63, 3.8) is 0 Å². The molecule has 0 aromatic carbocycles. The smallest absolute Gasteiger partial charge is 0.338 e. The summed E-state index contributed by atoms with van der Waals surface area (Å²) in [6.07, 6.45) is 5.10. The van der Waals surface area contributed by atoms with Gasteiger partial charge in [-0.05, 0) is 31.6 Å². The standard InChI is InChI=1S/C26H38O10/c1-8-10-11-12-18(23(28)33-4)20(25(30)35-6)15-17(9-2)16-21(26(31)36-7)19(24(29)34-5)13-14-22(27)32-3/h11-12,17H,8-10,13-16H2,1-7H3/b12-11+,20-18-,21-19-. The minimum atomic E-state index is -0.782. The highest BCUT2D eigenvalue weighted by Gasteiger charge is 2.29. The van der Waals surface area contributed by atoms with Crippen molar-refractivity contribution in [2.24, 2.45) is 5.92 Å². The molecule has 1 unspecified atom stereocenters. The highest BCUT2D eigenvalue weighted by Crippen LogP contribution is 2.30. The zero-order valence-corrected chi connectivity index (χ0v) is 22.3. The van der Waals surface area contributed by atoms with Crippen LogP contribution in [-0.4, -0.2) is 65.4 Å². The Bertz CT molecular complexity index is 879. The lowest BCUT2D eigenvalue weighted by Gasteiger charge is -2.20. The van der Waals surface area contributed by atoms with Crippen molar-refractivity contribution < 1.29 is 47.7 Å². The molecule has 0 aliphatic heterocycles. The largest absolute Gasteiger partial charge is 0.469 e. The molecule has 10 nitrogen and oxygen atoms in total. The van der Waals surface area contributed by atoms with Crippen molar-refractivity contribution in [1.29, 1.82) is 0 Å². The Hall–Kier alpha value is -3.43. The van der Waals surface area contributed by atoms with Crippen molar-refractivity contribution >= 4 is 29.8 Å². The lowest BCUT2D eigenvalue weighted by Crippen LogP contribution is -2.20. The van der Waals surface area contributed by atoms with Gasteiger partial charge in [-0.1, -0.05) is 38.8 Å². The van der Waals surface area contributed by atoms with Crippen LogP contribution < -0.4 is 0 Å². The molecule has 0 aromatic heterocycles. The molecule has 1 atom stereocenters. The van der Waals surface area contributed by atoms with Crippen LogP contribution in [0, 0.1) is 5.92 Å². The predicted octanol–water partition coefficient (Wildman–Crippen LogP) is 3.39. The zero-order valence-electron chi connectivity index (χ0n) is 22.3. The summed E-state index contributed by atoms with van der Waals surface area (Å²) in [7, 11) is 5.97. The molecule has 0 saturated carbocycles. The fourth-order valence-electron chi connectivity index (χ4n) is 3.42. The maximum absolute atomic E-state index is 12.7. The molecule has 0 amide bonds. The van der Waals surface area contributed by atoms with Gasteiger partial charge < -0.3 is 23.7 Å². The summed E-state index contributed by atoms with van der Waals surface area (Å²) in [4.78, 5) is 62.1. The molecule has 0 spiro atoms. The van der Waals surface area contributed by atoms with Gasteiger partial charge in [-0.3, -0.25) is 4.79 Å². The number of ether oxygens (including phenoxy) is 5. The molecule has 36 heavy (non-hydrogen) atoms. The number of methoxy groups -OCH3 is 5. The third-order valence-electron chi connectivity index (χ3n) is 5.50. The zero-order chi connectivity index (χ0) is 27.7. The summed E-state index contributed by atoms with van der Waals surface area (Å²) in [5.41, 5.74) is 0.138. The number of hydrogen-bond donors (Lipinski definition) is 0. The maximum atomic E-state index is 12.7. The van der Waals surface area contributed by atoms with E-state index < -0.39 is 29.8 Å². The number of allylic oxidation sites excluding steroid dienone is 1. The van der Waals surface area contributed by atoms with E-state index in [1.165, 1.54) is 34.5 Å². The third kappa shape index (κ3) is 10.5. The average Bonchev–Trinajstić information content (AvgIpc) is 2.90. The van der Waals surface area contributed by atoms with Gasteiger partial charge in [0.25, 0.3) is 0 Å². The normalized spacial score (nSPS) is 13.2. The molecule has 0 aliphatic carbocycles. The lowest BCUT2D eigenvalue weighted by atomic mass is 9.86. The van der Waals surface area contributed by atoms with Gasteiger partial charge in [-0.15, -0.1) is 0 Å². The lowest BCUT2D eigenvalue weighted by molar-refractivity contribution is -0.142. The Balaban J connectivity index is 6.61. The molecule has 0 radical (unpaired) electrons. The number of hydrogen-bond acceptors (Lipinski definition) is 10. The molecular formula is C26H38O10. The summed E-state index contributed by atoms with van der Waals surface area (Å²) < 4.78 is 24.2. The second-order valence-electron chi connectivity index (χ2n) is 7.77. The van der Waals surface area contributed by atoms with Crippen LogP contribution in [0.1, 0.15) is 58.8 Å². The molecule has 0 saturated heterocycles. The summed E-state index contributed by atoms with van der Waals surface area (Å²) >= 11 is 0. The van der Waals surface area contributed by atoms with Crippen molar-refractivity contribution in [3.8, 4) is 0 Å². The summed E-state index contributed by atoms with van der Waals surface area (Å²) in [5, 5.41) is 0. The molecule has 0 fully saturated rings. The molecule has 10 heteroatoms. The Morgan fingerprint density at radius 3 is 1.61 bits per heavy atom. The molecule has 0 N–H and O–H groups in total. The molecular weight excluding hydrogens is 472 g/mol. The van der Waals surface area contributed by atoms with E-state index in [9.17, 15) is 24.0 Å². The first-order valence-corrected chi connectivity index (χ1v) is 11.7. The van der Waals surface area contributed by atoms with E-state index in [1.54, 1.807) is 6.08 Å². The Morgan fingerprint density at radius 2 is 1.14 bits per heavy atom. The number of carbonyl (C=O) groups excluding carboxylic acids is 5. The maximum Gasteiger partial charge on any atom is 0.338 e. The number of unbranched alkanes of at least 4 members (excludes halogenated alkanes) is 1. The topological polar surface area (TPSA) is 132 Å².